The van der Waals surface area contributed by atoms with Crippen LogP contribution in [0.25, 0.3) is 0 Å². The van der Waals surface area contributed by atoms with Crippen molar-refractivity contribution in [2.24, 2.45) is 0 Å². The monoisotopic (exact) mass is 266 g/mol. The number of esters is 1. The normalized spacial score (nSPS) is 12.1. The van der Waals surface area contributed by atoms with Gasteiger partial charge in [0.25, 0.3) is 0 Å². The first kappa shape index (κ1) is 13.7. The molecule has 1 atom stereocenters. The maximum Gasteiger partial charge on any atom is 0.339 e. The van der Waals surface area contributed by atoms with E-state index in [1.165, 1.54) is 0 Å². The molecule has 0 amide bonds. The summed E-state index contributed by atoms with van der Waals surface area (Å²) in [7, 11) is 2.07. The lowest BCUT2D eigenvalue weighted by Gasteiger charge is -2.15. The van der Waals surface area contributed by atoms with Crippen LogP contribution in [0, 0.1) is 11.6 Å². The molecule has 1 rings (SSSR count). The summed E-state index contributed by atoms with van der Waals surface area (Å²) < 4.78 is 35.8. The van der Waals surface area contributed by atoms with Crippen LogP contribution in [0.2, 0.25) is 5.02 Å². The third kappa shape index (κ3) is 2.48. The Labute approximate surface area is 101 Å². The minimum Gasteiger partial charge on any atom is -0.493 e. The standard InChI is InChI=1S/C10H9ClF2O4/c1-16-9-5(12)3-4(11)7(13)6(9)8(14)10(15)17-2/h3,8,14H,1-2H3. The van der Waals surface area contributed by atoms with E-state index >= 15 is 0 Å². The van der Waals surface area contributed by atoms with Gasteiger partial charge < -0.3 is 14.6 Å². The van der Waals surface area contributed by atoms with Crippen LogP contribution in [-0.2, 0) is 9.53 Å². The van der Waals surface area contributed by atoms with E-state index in [4.69, 9.17) is 11.6 Å². The number of hydrogen-bond donors (Lipinski definition) is 1. The second kappa shape index (κ2) is 5.29. The molecule has 0 aliphatic carbocycles. The van der Waals surface area contributed by atoms with Crippen LogP contribution in [0.15, 0.2) is 6.07 Å². The topological polar surface area (TPSA) is 55.8 Å². The van der Waals surface area contributed by atoms with E-state index in [2.05, 4.69) is 9.47 Å². The average Bonchev–Trinajstić information content (AvgIpc) is 2.31. The molecular weight excluding hydrogens is 258 g/mol. The molecule has 1 N–H and O–H groups in total. The minimum atomic E-state index is -2.01. The summed E-state index contributed by atoms with van der Waals surface area (Å²) in [6.45, 7) is 0. The number of carbonyl (C=O) groups is 1. The quantitative estimate of drug-likeness (QED) is 0.670. The number of hydrogen-bond acceptors (Lipinski definition) is 4. The smallest absolute Gasteiger partial charge is 0.339 e. The molecule has 0 aliphatic rings. The van der Waals surface area contributed by atoms with E-state index in [1.807, 2.05) is 0 Å². The molecule has 1 aromatic rings. The molecule has 0 spiro atoms. The summed E-state index contributed by atoms with van der Waals surface area (Å²) >= 11 is 5.41. The highest BCUT2D eigenvalue weighted by atomic mass is 35.5. The summed E-state index contributed by atoms with van der Waals surface area (Å²) in [4.78, 5) is 11.1. The molecule has 0 fully saturated rings. The highest BCUT2D eigenvalue weighted by molar-refractivity contribution is 6.30. The van der Waals surface area contributed by atoms with Gasteiger partial charge in [-0.2, -0.15) is 0 Å². The van der Waals surface area contributed by atoms with E-state index in [-0.39, 0.29) is 0 Å². The minimum absolute atomic E-state index is 0.568. The fourth-order valence-electron chi connectivity index (χ4n) is 1.28. The second-order valence-electron chi connectivity index (χ2n) is 3.03. The molecule has 0 bridgehead atoms. The Morgan fingerprint density at radius 1 is 1.47 bits per heavy atom. The third-order valence-corrected chi connectivity index (χ3v) is 2.34. The average molecular weight is 267 g/mol. The van der Waals surface area contributed by atoms with Gasteiger partial charge in [0, 0.05) is 0 Å². The third-order valence-electron chi connectivity index (χ3n) is 2.06. The van der Waals surface area contributed by atoms with Crippen molar-refractivity contribution in [2.75, 3.05) is 14.2 Å². The second-order valence-corrected chi connectivity index (χ2v) is 3.43. The maximum atomic E-state index is 13.6. The highest BCUT2D eigenvalue weighted by Crippen LogP contribution is 2.35. The SMILES string of the molecule is COC(=O)C(O)c1c(F)c(Cl)cc(F)c1OC. The largest absolute Gasteiger partial charge is 0.493 e. The number of rotatable bonds is 3. The van der Waals surface area contributed by atoms with E-state index in [0.717, 1.165) is 14.2 Å². The van der Waals surface area contributed by atoms with Crippen LogP contribution in [0.4, 0.5) is 8.78 Å². The number of ether oxygens (including phenoxy) is 2. The highest BCUT2D eigenvalue weighted by Gasteiger charge is 2.29. The lowest BCUT2D eigenvalue weighted by molar-refractivity contribution is -0.151. The van der Waals surface area contributed by atoms with Crippen molar-refractivity contribution >= 4 is 17.6 Å². The molecule has 0 heterocycles. The van der Waals surface area contributed by atoms with Crippen LogP contribution in [-0.4, -0.2) is 25.3 Å². The van der Waals surface area contributed by atoms with Gasteiger partial charge in [0.1, 0.15) is 0 Å². The Morgan fingerprint density at radius 3 is 2.53 bits per heavy atom. The van der Waals surface area contributed by atoms with Gasteiger partial charge in [-0.15, -0.1) is 0 Å². The summed E-state index contributed by atoms with van der Waals surface area (Å²) in [6, 6.07) is 0.684. The molecule has 4 nitrogen and oxygen atoms in total. The zero-order valence-electron chi connectivity index (χ0n) is 8.96. The molecule has 0 saturated carbocycles. The Balaban J connectivity index is 3.44. The van der Waals surface area contributed by atoms with Gasteiger partial charge in [-0.3, -0.25) is 0 Å². The molecule has 1 unspecified atom stereocenters. The van der Waals surface area contributed by atoms with Gasteiger partial charge in [0.15, 0.2) is 23.5 Å². The first-order valence-electron chi connectivity index (χ1n) is 4.41. The fourth-order valence-corrected chi connectivity index (χ4v) is 1.48. The molecule has 0 aliphatic heterocycles. The van der Waals surface area contributed by atoms with Crippen LogP contribution in [0.1, 0.15) is 11.7 Å². The van der Waals surface area contributed by atoms with Crippen molar-refractivity contribution in [3.63, 3.8) is 0 Å². The van der Waals surface area contributed by atoms with Crippen LogP contribution < -0.4 is 4.74 Å². The molecule has 0 radical (unpaired) electrons. The summed E-state index contributed by atoms with van der Waals surface area (Å²) in [5, 5.41) is 8.94. The van der Waals surface area contributed by atoms with Crippen molar-refractivity contribution < 1.29 is 28.2 Å². The van der Waals surface area contributed by atoms with Gasteiger partial charge in [0.05, 0.1) is 24.8 Å². The van der Waals surface area contributed by atoms with Crippen molar-refractivity contribution in [3.05, 3.63) is 28.3 Å². The predicted octanol–water partition coefficient (Wildman–Crippen LogP) is 1.83. The van der Waals surface area contributed by atoms with Gasteiger partial charge in [0.2, 0.25) is 0 Å². The zero-order chi connectivity index (χ0) is 13.2. The maximum absolute atomic E-state index is 13.6. The Kier molecular flexibility index (Phi) is 4.25. The number of aliphatic hydroxyl groups excluding tert-OH is 1. The Bertz CT molecular complexity index is 450. The van der Waals surface area contributed by atoms with E-state index < -0.39 is 40.0 Å². The number of carbonyl (C=O) groups excluding carboxylic acids is 1. The van der Waals surface area contributed by atoms with Crippen molar-refractivity contribution in [2.45, 2.75) is 6.10 Å². The van der Waals surface area contributed by atoms with Gasteiger partial charge >= 0.3 is 5.97 Å². The van der Waals surface area contributed by atoms with Crippen molar-refractivity contribution in [1.29, 1.82) is 0 Å². The molecule has 0 aromatic heterocycles. The van der Waals surface area contributed by atoms with E-state index in [9.17, 15) is 18.7 Å². The lowest BCUT2D eigenvalue weighted by Crippen LogP contribution is -2.17. The summed E-state index contributed by atoms with van der Waals surface area (Å²) in [6.07, 6.45) is -2.01. The lowest BCUT2D eigenvalue weighted by atomic mass is 10.1. The number of aliphatic hydroxyl groups is 1. The summed E-state index contributed by atoms with van der Waals surface area (Å²) in [5.41, 5.74) is -0.690. The van der Waals surface area contributed by atoms with Gasteiger partial charge in [-0.25, -0.2) is 13.6 Å². The van der Waals surface area contributed by atoms with Crippen LogP contribution >= 0.6 is 11.6 Å². The fraction of sp³-hybridized carbons (Fsp3) is 0.300. The molecule has 0 saturated heterocycles. The molecular formula is C10H9ClF2O4. The van der Waals surface area contributed by atoms with Crippen molar-refractivity contribution in [3.8, 4) is 5.75 Å². The molecule has 94 valence electrons. The van der Waals surface area contributed by atoms with E-state index in [1.54, 1.807) is 0 Å². The predicted molar refractivity (Wildman–Crippen MR) is 54.9 cm³/mol. The molecule has 1 aromatic carbocycles. The van der Waals surface area contributed by atoms with Crippen LogP contribution in [0.3, 0.4) is 0 Å². The Morgan fingerprint density at radius 2 is 2.06 bits per heavy atom. The summed E-state index contributed by atoms with van der Waals surface area (Å²) in [5.74, 6) is -3.87. The van der Waals surface area contributed by atoms with E-state index in [0.29, 0.717) is 6.07 Å². The van der Waals surface area contributed by atoms with Gasteiger partial charge in [-0.05, 0) is 6.07 Å². The van der Waals surface area contributed by atoms with Crippen molar-refractivity contribution in [1.82, 2.24) is 0 Å². The first-order valence-corrected chi connectivity index (χ1v) is 4.79. The van der Waals surface area contributed by atoms with Crippen LogP contribution in [0.5, 0.6) is 5.75 Å². The number of halogens is 3. The molecule has 17 heavy (non-hydrogen) atoms. The molecule has 7 heteroatoms. The first-order chi connectivity index (χ1) is 7.93. The Hall–Kier alpha value is -1.40. The van der Waals surface area contributed by atoms with Gasteiger partial charge in [-0.1, -0.05) is 11.6 Å². The zero-order valence-corrected chi connectivity index (χ0v) is 9.72. The number of methoxy groups -OCH3 is 2. The number of benzene rings is 1.